The van der Waals surface area contributed by atoms with Crippen molar-refractivity contribution in [1.82, 2.24) is 14.7 Å². The van der Waals surface area contributed by atoms with Crippen molar-refractivity contribution < 1.29 is 14.3 Å². The molecule has 0 bridgehead atoms. The fourth-order valence-electron chi connectivity index (χ4n) is 3.68. The van der Waals surface area contributed by atoms with Crippen LogP contribution in [0.15, 0.2) is 24.3 Å². The first-order chi connectivity index (χ1) is 14.5. The number of amides is 2. The average molecular weight is 454 g/mol. The fraction of sp³-hybridized carbons (Fsp3) is 0.545. The van der Waals surface area contributed by atoms with Crippen LogP contribution in [0.3, 0.4) is 0 Å². The maximum atomic E-state index is 12.6. The Hall–Kier alpha value is -1.60. The molecule has 8 heteroatoms. The topological polar surface area (TPSA) is 53.1 Å². The molecule has 0 aromatic heterocycles. The molecule has 0 radical (unpaired) electrons. The van der Waals surface area contributed by atoms with Gasteiger partial charge in [0.05, 0.1) is 23.3 Å². The van der Waals surface area contributed by atoms with Crippen LogP contribution >= 0.6 is 23.2 Å². The Morgan fingerprint density at radius 1 is 1.00 bits per heavy atom. The third kappa shape index (κ3) is 6.98. The first kappa shape index (κ1) is 23.1. The number of nitrogens with zero attached hydrogens (tertiary/aromatic N) is 3. The van der Waals surface area contributed by atoms with Gasteiger partial charge in [-0.1, -0.05) is 29.3 Å². The Morgan fingerprint density at radius 2 is 1.77 bits per heavy atom. The van der Waals surface area contributed by atoms with E-state index < -0.39 is 0 Å². The van der Waals surface area contributed by atoms with Crippen molar-refractivity contribution in [2.24, 2.45) is 0 Å². The lowest BCUT2D eigenvalue weighted by molar-refractivity contribution is -0.130. The zero-order chi connectivity index (χ0) is 21.3. The molecule has 0 spiro atoms. The smallest absolute Gasteiger partial charge is 0.246 e. The monoisotopic (exact) mass is 453 g/mol. The van der Waals surface area contributed by atoms with Gasteiger partial charge in [-0.3, -0.25) is 14.5 Å². The Morgan fingerprint density at radius 3 is 2.53 bits per heavy atom. The number of rotatable bonds is 7. The summed E-state index contributed by atoms with van der Waals surface area (Å²) < 4.78 is 5.37. The van der Waals surface area contributed by atoms with Gasteiger partial charge in [0.1, 0.15) is 0 Å². The molecule has 0 aliphatic carbocycles. The zero-order valence-corrected chi connectivity index (χ0v) is 18.7. The summed E-state index contributed by atoms with van der Waals surface area (Å²) in [7, 11) is 0. The van der Waals surface area contributed by atoms with Gasteiger partial charge in [0.25, 0.3) is 0 Å². The van der Waals surface area contributed by atoms with Crippen LogP contribution in [0.1, 0.15) is 24.8 Å². The zero-order valence-electron chi connectivity index (χ0n) is 17.2. The van der Waals surface area contributed by atoms with E-state index in [1.807, 2.05) is 11.0 Å². The molecule has 2 heterocycles. The quantitative estimate of drug-likeness (QED) is 0.469. The molecule has 2 aliphatic rings. The number of carbonyl (C=O) groups excluding carboxylic acids is 2. The molecule has 0 atom stereocenters. The molecular formula is C22H29Cl2N3O3. The minimum Gasteiger partial charge on any atom is -0.379 e. The highest BCUT2D eigenvalue weighted by Crippen LogP contribution is 2.23. The van der Waals surface area contributed by atoms with Gasteiger partial charge in [-0.05, 0) is 43.2 Å². The van der Waals surface area contributed by atoms with E-state index >= 15 is 0 Å². The van der Waals surface area contributed by atoms with Gasteiger partial charge < -0.3 is 14.5 Å². The van der Waals surface area contributed by atoms with E-state index in [0.29, 0.717) is 36.1 Å². The molecule has 1 aromatic rings. The van der Waals surface area contributed by atoms with Crippen molar-refractivity contribution in [2.75, 3.05) is 59.0 Å². The molecule has 30 heavy (non-hydrogen) atoms. The summed E-state index contributed by atoms with van der Waals surface area (Å²) in [6, 6.07) is 5.23. The first-order valence-electron chi connectivity index (χ1n) is 10.5. The summed E-state index contributed by atoms with van der Waals surface area (Å²) in [6.07, 6.45) is 5.67. The highest BCUT2D eigenvalue weighted by Gasteiger charge is 2.22. The lowest BCUT2D eigenvalue weighted by atomic mass is 10.2. The number of ether oxygens (including phenoxy) is 1. The summed E-state index contributed by atoms with van der Waals surface area (Å²) in [4.78, 5) is 31.0. The number of morpholine rings is 1. The predicted octanol–water partition coefficient (Wildman–Crippen LogP) is 3.18. The van der Waals surface area contributed by atoms with Crippen LogP contribution < -0.4 is 0 Å². The van der Waals surface area contributed by atoms with Crippen LogP contribution in [0.4, 0.5) is 0 Å². The molecule has 0 saturated carbocycles. The molecule has 0 N–H and O–H groups in total. The van der Waals surface area contributed by atoms with Crippen LogP contribution in [-0.2, 0) is 14.3 Å². The summed E-state index contributed by atoms with van der Waals surface area (Å²) in [5.41, 5.74) is 0.811. The van der Waals surface area contributed by atoms with Gasteiger partial charge in [0.15, 0.2) is 0 Å². The van der Waals surface area contributed by atoms with Crippen LogP contribution in [-0.4, -0.2) is 85.5 Å². The van der Waals surface area contributed by atoms with E-state index in [2.05, 4.69) is 4.90 Å². The van der Waals surface area contributed by atoms with Crippen molar-refractivity contribution in [2.45, 2.75) is 19.3 Å². The maximum Gasteiger partial charge on any atom is 0.246 e. The molecule has 2 fully saturated rings. The van der Waals surface area contributed by atoms with Gasteiger partial charge in [0.2, 0.25) is 11.8 Å². The summed E-state index contributed by atoms with van der Waals surface area (Å²) in [6.45, 7) is 7.02. The lowest BCUT2D eigenvalue weighted by Gasteiger charge is -2.27. The Labute approximate surface area is 188 Å². The third-order valence-electron chi connectivity index (χ3n) is 5.52. The maximum absolute atomic E-state index is 12.6. The summed E-state index contributed by atoms with van der Waals surface area (Å²) in [5.74, 6) is 0.0353. The molecule has 2 amide bonds. The summed E-state index contributed by atoms with van der Waals surface area (Å²) >= 11 is 11.9. The predicted molar refractivity (Wildman–Crippen MR) is 120 cm³/mol. The van der Waals surface area contributed by atoms with Crippen molar-refractivity contribution in [3.8, 4) is 0 Å². The average Bonchev–Trinajstić information content (AvgIpc) is 2.94. The lowest BCUT2D eigenvalue weighted by Crippen LogP contribution is -2.38. The number of benzene rings is 1. The molecule has 6 nitrogen and oxygen atoms in total. The third-order valence-corrected chi connectivity index (χ3v) is 6.26. The van der Waals surface area contributed by atoms with Gasteiger partial charge in [-0.25, -0.2) is 0 Å². The van der Waals surface area contributed by atoms with E-state index in [-0.39, 0.29) is 11.8 Å². The van der Waals surface area contributed by atoms with Gasteiger partial charge in [-0.2, -0.15) is 0 Å². The largest absolute Gasteiger partial charge is 0.379 e. The minimum absolute atomic E-state index is 0.0944. The van der Waals surface area contributed by atoms with E-state index in [0.717, 1.165) is 57.8 Å². The highest BCUT2D eigenvalue weighted by molar-refractivity contribution is 6.42. The fourth-order valence-corrected chi connectivity index (χ4v) is 3.98. The second-order valence-corrected chi connectivity index (χ2v) is 8.44. The van der Waals surface area contributed by atoms with E-state index in [1.54, 1.807) is 23.1 Å². The van der Waals surface area contributed by atoms with E-state index in [9.17, 15) is 9.59 Å². The van der Waals surface area contributed by atoms with Crippen LogP contribution in [0, 0.1) is 0 Å². The van der Waals surface area contributed by atoms with E-state index in [1.165, 1.54) is 6.08 Å². The molecule has 0 unspecified atom stereocenters. The molecule has 2 aliphatic heterocycles. The highest BCUT2D eigenvalue weighted by atomic mass is 35.5. The normalized spacial score (nSPS) is 18.8. The number of unbranched alkanes of at least 4 members (excludes halogenated alkanes) is 1. The van der Waals surface area contributed by atoms with Crippen molar-refractivity contribution in [3.05, 3.63) is 39.9 Å². The Kier molecular flexibility index (Phi) is 9.00. The van der Waals surface area contributed by atoms with Crippen LogP contribution in [0.25, 0.3) is 6.08 Å². The standard InChI is InChI=1S/C22H29Cl2N3O3/c23-19-5-3-18(17-20(19)24)4-6-21(28)27-10-7-22(29)26(11-12-27)9-2-1-8-25-13-15-30-16-14-25/h3-6,17H,1-2,7-16H2/b6-4+. The first-order valence-corrected chi connectivity index (χ1v) is 11.3. The van der Waals surface area contributed by atoms with Gasteiger partial charge in [-0.15, -0.1) is 0 Å². The number of hydrogen-bond acceptors (Lipinski definition) is 4. The van der Waals surface area contributed by atoms with E-state index in [4.69, 9.17) is 27.9 Å². The molecule has 2 saturated heterocycles. The SMILES string of the molecule is O=C(/C=C/c1ccc(Cl)c(Cl)c1)N1CCC(=O)N(CCCCN2CCOCC2)CC1. The second-order valence-electron chi connectivity index (χ2n) is 7.62. The molecular weight excluding hydrogens is 425 g/mol. The van der Waals surface area contributed by atoms with Crippen molar-refractivity contribution in [1.29, 1.82) is 0 Å². The second kappa shape index (κ2) is 11.7. The van der Waals surface area contributed by atoms with Gasteiger partial charge >= 0.3 is 0 Å². The Bertz CT molecular complexity index is 766. The molecule has 164 valence electrons. The van der Waals surface area contributed by atoms with Crippen LogP contribution in [0.5, 0.6) is 0 Å². The molecule has 3 rings (SSSR count). The Balaban J connectivity index is 1.43. The minimum atomic E-state index is -0.0944. The van der Waals surface area contributed by atoms with Gasteiger partial charge in [0, 0.05) is 51.8 Å². The van der Waals surface area contributed by atoms with Crippen LogP contribution in [0.2, 0.25) is 10.0 Å². The number of carbonyl (C=O) groups is 2. The van der Waals surface area contributed by atoms with Crippen molar-refractivity contribution >= 4 is 41.1 Å². The van der Waals surface area contributed by atoms with Crippen molar-refractivity contribution in [3.63, 3.8) is 0 Å². The number of halogens is 2. The summed E-state index contributed by atoms with van der Waals surface area (Å²) in [5, 5.41) is 0.937. The number of hydrogen-bond donors (Lipinski definition) is 0. The molecule has 1 aromatic carbocycles.